The summed E-state index contributed by atoms with van der Waals surface area (Å²) in [5, 5.41) is 9.60. The fourth-order valence-corrected chi connectivity index (χ4v) is 1.86. The van der Waals surface area contributed by atoms with E-state index in [0.717, 1.165) is 5.56 Å². The summed E-state index contributed by atoms with van der Waals surface area (Å²) >= 11 is 6.01. The monoisotopic (exact) mass is 286 g/mol. The Labute approximate surface area is 118 Å². The van der Waals surface area contributed by atoms with Crippen LogP contribution in [0.1, 0.15) is 19.4 Å². The van der Waals surface area contributed by atoms with Gasteiger partial charge in [0.2, 0.25) is 0 Å². The van der Waals surface area contributed by atoms with Crippen molar-refractivity contribution < 1.29 is 19.4 Å². The molecule has 0 fully saturated rings. The molecule has 0 aliphatic rings. The van der Waals surface area contributed by atoms with Crippen LogP contribution >= 0.6 is 11.6 Å². The highest BCUT2D eigenvalue weighted by molar-refractivity contribution is 6.32. The first-order chi connectivity index (χ1) is 8.93. The molecule has 4 nitrogen and oxygen atoms in total. The van der Waals surface area contributed by atoms with E-state index in [1.54, 1.807) is 18.2 Å². The molecule has 0 radical (unpaired) electrons. The molecule has 0 saturated carbocycles. The Hall–Kier alpha value is -1.26. The standard InChI is InChI=1S/C14H19ClO4/c1-9(2)8-19-13(14(16)17)7-10-4-5-12(18-3)11(15)6-10/h4-6,9,13H,7-8H2,1-3H3,(H,16,17)/t13-/m1/s1. The van der Waals surface area contributed by atoms with Crippen LogP contribution < -0.4 is 4.74 Å². The lowest BCUT2D eigenvalue weighted by Gasteiger charge is -2.15. The maximum absolute atomic E-state index is 11.1. The topological polar surface area (TPSA) is 55.8 Å². The van der Waals surface area contributed by atoms with Crippen LogP contribution in [0, 0.1) is 5.92 Å². The first-order valence-corrected chi connectivity index (χ1v) is 6.48. The average molecular weight is 287 g/mol. The highest BCUT2D eigenvalue weighted by Crippen LogP contribution is 2.25. The molecule has 5 heteroatoms. The molecule has 19 heavy (non-hydrogen) atoms. The number of aliphatic carboxylic acids is 1. The number of hydrogen-bond acceptors (Lipinski definition) is 3. The van der Waals surface area contributed by atoms with E-state index in [2.05, 4.69) is 0 Å². The Bertz CT molecular complexity index is 431. The van der Waals surface area contributed by atoms with E-state index < -0.39 is 12.1 Å². The summed E-state index contributed by atoms with van der Waals surface area (Å²) in [6, 6.07) is 5.22. The first kappa shape index (κ1) is 15.8. The number of carboxylic acids is 1. The van der Waals surface area contributed by atoms with Gasteiger partial charge in [-0.2, -0.15) is 0 Å². The summed E-state index contributed by atoms with van der Waals surface area (Å²) in [5.74, 6) is -0.103. The molecular weight excluding hydrogens is 268 g/mol. The lowest BCUT2D eigenvalue weighted by molar-refractivity contribution is -0.150. The molecule has 0 aliphatic heterocycles. The van der Waals surface area contributed by atoms with E-state index in [0.29, 0.717) is 23.3 Å². The van der Waals surface area contributed by atoms with Gasteiger partial charge in [-0.3, -0.25) is 0 Å². The number of ether oxygens (including phenoxy) is 2. The molecule has 1 atom stereocenters. The summed E-state index contributed by atoms with van der Waals surface area (Å²) < 4.78 is 10.4. The largest absolute Gasteiger partial charge is 0.495 e. The van der Waals surface area contributed by atoms with Crippen LogP contribution in [0.15, 0.2) is 18.2 Å². The predicted molar refractivity (Wildman–Crippen MR) is 73.9 cm³/mol. The lowest BCUT2D eigenvalue weighted by atomic mass is 10.1. The molecular formula is C14H19ClO4. The molecule has 0 heterocycles. The molecule has 0 aliphatic carbocycles. The smallest absolute Gasteiger partial charge is 0.333 e. The highest BCUT2D eigenvalue weighted by Gasteiger charge is 2.19. The van der Waals surface area contributed by atoms with Gasteiger partial charge in [-0.1, -0.05) is 31.5 Å². The normalized spacial score (nSPS) is 12.5. The molecule has 1 aromatic rings. The van der Waals surface area contributed by atoms with Gasteiger partial charge >= 0.3 is 5.97 Å². The third-order valence-electron chi connectivity index (χ3n) is 2.54. The van der Waals surface area contributed by atoms with Crippen LogP contribution in [0.3, 0.4) is 0 Å². The van der Waals surface area contributed by atoms with Gasteiger partial charge in [0.15, 0.2) is 6.10 Å². The molecule has 1 aromatic carbocycles. The molecule has 0 aromatic heterocycles. The SMILES string of the molecule is COc1ccc(C[C@@H](OCC(C)C)C(=O)O)cc1Cl. The second kappa shape index (κ2) is 7.36. The first-order valence-electron chi connectivity index (χ1n) is 6.10. The Balaban J connectivity index is 2.73. The molecule has 106 valence electrons. The van der Waals surface area contributed by atoms with Crippen LogP contribution in [-0.4, -0.2) is 30.9 Å². The van der Waals surface area contributed by atoms with Crippen molar-refractivity contribution in [2.45, 2.75) is 26.4 Å². The quantitative estimate of drug-likeness (QED) is 0.837. The molecule has 0 saturated heterocycles. The van der Waals surface area contributed by atoms with Gasteiger partial charge in [-0.05, 0) is 23.6 Å². The minimum atomic E-state index is -0.965. The molecule has 0 amide bonds. The van der Waals surface area contributed by atoms with Crippen molar-refractivity contribution in [1.82, 2.24) is 0 Å². The van der Waals surface area contributed by atoms with Crippen LogP contribution in [0.4, 0.5) is 0 Å². The van der Waals surface area contributed by atoms with E-state index in [1.807, 2.05) is 13.8 Å². The van der Waals surface area contributed by atoms with E-state index >= 15 is 0 Å². The van der Waals surface area contributed by atoms with Crippen LogP contribution in [0.25, 0.3) is 0 Å². The summed E-state index contributed by atoms with van der Waals surface area (Å²) in [7, 11) is 1.53. The van der Waals surface area contributed by atoms with Crippen LogP contribution in [0.2, 0.25) is 5.02 Å². The van der Waals surface area contributed by atoms with Gasteiger partial charge in [0.05, 0.1) is 18.7 Å². The Morgan fingerprint density at radius 3 is 2.58 bits per heavy atom. The van der Waals surface area contributed by atoms with Gasteiger partial charge in [0, 0.05) is 6.42 Å². The minimum absolute atomic E-state index is 0.283. The molecule has 0 unspecified atom stereocenters. The van der Waals surface area contributed by atoms with Crippen molar-refractivity contribution in [1.29, 1.82) is 0 Å². The van der Waals surface area contributed by atoms with Crippen molar-refractivity contribution in [2.75, 3.05) is 13.7 Å². The Morgan fingerprint density at radius 1 is 1.42 bits per heavy atom. The number of methoxy groups -OCH3 is 1. The van der Waals surface area contributed by atoms with Crippen molar-refractivity contribution in [3.8, 4) is 5.75 Å². The van der Waals surface area contributed by atoms with Gasteiger partial charge in [-0.25, -0.2) is 4.79 Å². The van der Waals surface area contributed by atoms with Crippen LogP contribution in [0.5, 0.6) is 5.75 Å². The second-order valence-electron chi connectivity index (χ2n) is 4.73. The molecule has 0 spiro atoms. The van der Waals surface area contributed by atoms with Crippen molar-refractivity contribution in [3.05, 3.63) is 28.8 Å². The maximum atomic E-state index is 11.1. The van der Waals surface area contributed by atoms with Crippen LogP contribution in [-0.2, 0) is 16.0 Å². The Morgan fingerprint density at radius 2 is 2.11 bits per heavy atom. The molecule has 0 bridgehead atoms. The van der Waals surface area contributed by atoms with Crippen molar-refractivity contribution >= 4 is 17.6 Å². The lowest BCUT2D eigenvalue weighted by Crippen LogP contribution is -2.28. The number of halogens is 1. The minimum Gasteiger partial charge on any atom is -0.495 e. The third kappa shape index (κ3) is 5.09. The second-order valence-corrected chi connectivity index (χ2v) is 5.13. The number of hydrogen-bond donors (Lipinski definition) is 1. The van der Waals surface area contributed by atoms with E-state index in [4.69, 9.17) is 26.2 Å². The predicted octanol–water partition coefficient (Wildman–Crippen LogP) is 3.02. The zero-order chi connectivity index (χ0) is 14.4. The summed E-state index contributed by atoms with van der Waals surface area (Å²) in [4.78, 5) is 11.1. The van der Waals surface area contributed by atoms with Gasteiger partial charge in [0.1, 0.15) is 5.75 Å². The summed E-state index contributed by atoms with van der Waals surface area (Å²) in [6.45, 7) is 4.37. The summed E-state index contributed by atoms with van der Waals surface area (Å²) in [5.41, 5.74) is 0.807. The third-order valence-corrected chi connectivity index (χ3v) is 2.84. The van der Waals surface area contributed by atoms with E-state index in [1.165, 1.54) is 7.11 Å². The zero-order valence-electron chi connectivity index (χ0n) is 11.4. The fourth-order valence-electron chi connectivity index (χ4n) is 1.58. The maximum Gasteiger partial charge on any atom is 0.333 e. The van der Waals surface area contributed by atoms with Gasteiger partial charge in [0.25, 0.3) is 0 Å². The van der Waals surface area contributed by atoms with Gasteiger partial charge in [-0.15, -0.1) is 0 Å². The number of carboxylic acid groups (broad SMARTS) is 1. The summed E-state index contributed by atoms with van der Waals surface area (Å²) in [6.07, 6.45) is -0.571. The zero-order valence-corrected chi connectivity index (χ0v) is 12.1. The molecule has 1 rings (SSSR count). The number of benzene rings is 1. The van der Waals surface area contributed by atoms with Gasteiger partial charge < -0.3 is 14.6 Å². The average Bonchev–Trinajstić information content (AvgIpc) is 2.34. The number of carbonyl (C=O) groups is 1. The van der Waals surface area contributed by atoms with Crippen molar-refractivity contribution in [2.24, 2.45) is 5.92 Å². The fraction of sp³-hybridized carbons (Fsp3) is 0.500. The van der Waals surface area contributed by atoms with E-state index in [-0.39, 0.29) is 6.42 Å². The Kier molecular flexibility index (Phi) is 6.12. The van der Waals surface area contributed by atoms with Crippen molar-refractivity contribution in [3.63, 3.8) is 0 Å². The highest BCUT2D eigenvalue weighted by atomic mass is 35.5. The number of rotatable bonds is 7. The molecule has 1 N–H and O–H groups in total. The van der Waals surface area contributed by atoms with E-state index in [9.17, 15) is 4.79 Å².